The van der Waals surface area contributed by atoms with Crippen LogP contribution in [0.15, 0.2) is 21.5 Å². The number of rotatable bonds is 7. The van der Waals surface area contributed by atoms with Crippen molar-refractivity contribution < 1.29 is 24.2 Å². The molecule has 8 heteroatoms. The second-order valence-electron chi connectivity index (χ2n) is 4.95. The van der Waals surface area contributed by atoms with E-state index in [2.05, 4.69) is 15.9 Å². The lowest BCUT2D eigenvalue weighted by Crippen LogP contribution is -2.29. The Balaban J connectivity index is 2.25. The number of hydrogen-bond donors (Lipinski definition) is 1. The molecule has 2 amide bonds. The van der Waals surface area contributed by atoms with Crippen LogP contribution in [0.5, 0.6) is 11.5 Å². The zero-order valence-corrected chi connectivity index (χ0v) is 15.8. The quantitative estimate of drug-likeness (QED) is 0.541. The lowest BCUT2D eigenvalue weighted by atomic mass is 10.1. The van der Waals surface area contributed by atoms with Crippen molar-refractivity contribution in [3.8, 4) is 11.5 Å². The highest BCUT2D eigenvalue weighted by Gasteiger charge is 2.34. The van der Waals surface area contributed by atoms with Crippen LogP contribution in [-0.2, 0) is 9.53 Å². The normalized spacial score (nSPS) is 16.3. The number of aromatic hydroxyl groups is 1. The molecular formula is C16H18BrNO5S. The van der Waals surface area contributed by atoms with E-state index in [0.29, 0.717) is 42.0 Å². The zero-order valence-electron chi connectivity index (χ0n) is 13.4. The predicted octanol–water partition coefficient (Wildman–Crippen LogP) is 3.63. The van der Waals surface area contributed by atoms with Gasteiger partial charge in [-0.25, -0.2) is 0 Å². The van der Waals surface area contributed by atoms with E-state index in [9.17, 15) is 14.7 Å². The number of thioether (sulfide) groups is 1. The minimum absolute atomic E-state index is 0.0637. The van der Waals surface area contributed by atoms with E-state index in [1.807, 2.05) is 6.92 Å². The fourth-order valence-corrected chi connectivity index (χ4v) is 3.48. The molecule has 0 unspecified atom stereocenters. The fraction of sp³-hybridized carbons (Fsp3) is 0.375. The molecule has 0 bridgehead atoms. The molecule has 130 valence electrons. The highest BCUT2D eigenvalue weighted by atomic mass is 79.9. The summed E-state index contributed by atoms with van der Waals surface area (Å²) in [6.07, 6.45) is 2.09. The average Bonchev–Trinajstić information content (AvgIpc) is 2.79. The second kappa shape index (κ2) is 8.55. The summed E-state index contributed by atoms with van der Waals surface area (Å²) in [5, 5.41) is 9.95. The summed E-state index contributed by atoms with van der Waals surface area (Å²) >= 11 is 4.20. The smallest absolute Gasteiger partial charge is 0.293 e. The molecule has 0 radical (unpaired) electrons. The van der Waals surface area contributed by atoms with Crippen molar-refractivity contribution in [1.29, 1.82) is 0 Å². The van der Waals surface area contributed by atoms with Crippen LogP contribution in [0.4, 0.5) is 4.79 Å². The molecule has 0 saturated carbocycles. The summed E-state index contributed by atoms with van der Waals surface area (Å²) in [4.78, 5) is 25.8. The molecule has 6 nitrogen and oxygen atoms in total. The summed E-state index contributed by atoms with van der Waals surface area (Å²) in [7, 11) is 1.57. The highest BCUT2D eigenvalue weighted by molar-refractivity contribution is 9.10. The second-order valence-corrected chi connectivity index (χ2v) is 6.86. The third-order valence-electron chi connectivity index (χ3n) is 3.26. The van der Waals surface area contributed by atoms with E-state index in [1.54, 1.807) is 19.2 Å². The Morgan fingerprint density at radius 1 is 1.38 bits per heavy atom. The van der Waals surface area contributed by atoms with E-state index in [0.717, 1.165) is 11.8 Å². The molecule has 1 saturated heterocycles. The molecule has 0 spiro atoms. The van der Waals surface area contributed by atoms with E-state index in [-0.39, 0.29) is 21.8 Å². The first-order valence-corrected chi connectivity index (χ1v) is 8.98. The molecule has 1 aliphatic heterocycles. The predicted molar refractivity (Wildman–Crippen MR) is 96.1 cm³/mol. The number of phenolic OH excluding ortho intramolecular Hbond substituents is 1. The van der Waals surface area contributed by atoms with Crippen LogP contribution in [0.1, 0.15) is 18.9 Å². The molecule has 2 rings (SSSR count). The third-order valence-corrected chi connectivity index (χ3v) is 4.62. The minimum atomic E-state index is -0.363. The number of methoxy groups -OCH3 is 1. The maximum atomic E-state index is 12.4. The number of hydrogen-bond acceptors (Lipinski definition) is 6. The summed E-state index contributed by atoms with van der Waals surface area (Å²) < 4.78 is 11.0. The first-order chi connectivity index (χ1) is 11.5. The minimum Gasteiger partial charge on any atom is -0.504 e. The molecule has 0 atom stereocenters. The first-order valence-electron chi connectivity index (χ1n) is 7.37. The Bertz CT molecular complexity index is 677. The van der Waals surface area contributed by atoms with Crippen molar-refractivity contribution in [2.75, 3.05) is 26.9 Å². The van der Waals surface area contributed by atoms with Crippen LogP contribution >= 0.6 is 27.7 Å². The van der Waals surface area contributed by atoms with E-state index in [1.165, 1.54) is 11.0 Å². The van der Waals surface area contributed by atoms with Gasteiger partial charge in [0, 0.05) is 30.3 Å². The van der Waals surface area contributed by atoms with Crippen molar-refractivity contribution in [2.45, 2.75) is 13.3 Å². The van der Waals surface area contributed by atoms with Gasteiger partial charge in [0.15, 0.2) is 11.5 Å². The van der Waals surface area contributed by atoms with Crippen molar-refractivity contribution in [3.63, 3.8) is 0 Å². The number of halogens is 1. The molecule has 1 aromatic rings. The third kappa shape index (κ3) is 4.31. The van der Waals surface area contributed by atoms with Gasteiger partial charge in [-0.15, -0.1) is 0 Å². The van der Waals surface area contributed by atoms with Crippen LogP contribution in [0.3, 0.4) is 0 Å². The Morgan fingerprint density at radius 2 is 2.12 bits per heavy atom. The first kappa shape index (κ1) is 18.8. The van der Waals surface area contributed by atoms with Crippen molar-refractivity contribution >= 4 is 44.9 Å². The zero-order chi connectivity index (χ0) is 17.7. The van der Waals surface area contributed by atoms with Gasteiger partial charge in [-0.3, -0.25) is 14.5 Å². The number of nitrogens with zero attached hydrogens (tertiary/aromatic N) is 1. The van der Waals surface area contributed by atoms with Crippen LogP contribution < -0.4 is 4.74 Å². The van der Waals surface area contributed by atoms with Gasteiger partial charge in [0.25, 0.3) is 11.1 Å². The molecule has 1 heterocycles. The van der Waals surface area contributed by atoms with Gasteiger partial charge in [0.1, 0.15) is 0 Å². The average molecular weight is 416 g/mol. The van der Waals surface area contributed by atoms with Gasteiger partial charge in [-0.05, 0) is 43.3 Å². The molecule has 24 heavy (non-hydrogen) atoms. The Labute approximate surface area is 152 Å². The van der Waals surface area contributed by atoms with Gasteiger partial charge < -0.3 is 14.6 Å². The topological polar surface area (TPSA) is 76.1 Å². The van der Waals surface area contributed by atoms with Gasteiger partial charge in [-0.1, -0.05) is 15.9 Å². The van der Waals surface area contributed by atoms with Gasteiger partial charge in [0.05, 0.1) is 11.5 Å². The Hall–Kier alpha value is -1.51. The van der Waals surface area contributed by atoms with Crippen LogP contribution in [-0.4, -0.2) is 48.0 Å². The van der Waals surface area contributed by atoms with Crippen molar-refractivity contribution in [3.05, 3.63) is 27.1 Å². The van der Waals surface area contributed by atoms with E-state index < -0.39 is 0 Å². The number of amides is 2. The molecule has 0 aromatic heterocycles. The van der Waals surface area contributed by atoms with Gasteiger partial charge >= 0.3 is 0 Å². The number of ether oxygens (including phenoxy) is 2. The highest BCUT2D eigenvalue weighted by Crippen LogP contribution is 2.38. The Kier molecular flexibility index (Phi) is 6.70. The molecule has 1 aromatic carbocycles. The van der Waals surface area contributed by atoms with Gasteiger partial charge in [-0.2, -0.15) is 0 Å². The lowest BCUT2D eigenvalue weighted by Gasteiger charge is -2.11. The Morgan fingerprint density at radius 3 is 2.79 bits per heavy atom. The molecular weight excluding hydrogens is 398 g/mol. The maximum absolute atomic E-state index is 12.4. The monoisotopic (exact) mass is 415 g/mol. The number of imide groups is 1. The van der Waals surface area contributed by atoms with Crippen LogP contribution in [0, 0.1) is 0 Å². The molecule has 1 aliphatic rings. The summed E-state index contributed by atoms with van der Waals surface area (Å²) in [6, 6.07) is 3.31. The SMILES string of the molecule is CCOc1cc(Br)cc(/C=C2/SC(=O)N(CCCOC)C2=O)c1O. The lowest BCUT2D eigenvalue weighted by molar-refractivity contribution is -0.122. The van der Waals surface area contributed by atoms with Crippen LogP contribution in [0.25, 0.3) is 6.08 Å². The summed E-state index contributed by atoms with van der Waals surface area (Å²) in [5.41, 5.74) is 0.412. The summed E-state index contributed by atoms with van der Waals surface area (Å²) in [5.74, 6) is -0.109. The maximum Gasteiger partial charge on any atom is 0.293 e. The number of carbonyl (C=O) groups excluding carboxylic acids is 2. The van der Waals surface area contributed by atoms with Gasteiger partial charge in [0.2, 0.25) is 0 Å². The van der Waals surface area contributed by atoms with Crippen molar-refractivity contribution in [1.82, 2.24) is 4.90 Å². The van der Waals surface area contributed by atoms with E-state index in [4.69, 9.17) is 9.47 Å². The van der Waals surface area contributed by atoms with Crippen molar-refractivity contribution in [2.24, 2.45) is 0 Å². The van der Waals surface area contributed by atoms with Crippen LogP contribution in [0.2, 0.25) is 0 Å². The fourth-order valence-electron chi connectivity index (χ4n) is 2.17. The standard InChI is InChI=1S/C16H18BrNO5S/c1-3-23-12-9-11(17)7-10(14(12)19)8-13-15(20)18(16(21)24-13)5-4-6-22-2/h7-9,19H,3-6H2,1-2H3/b13-8+. The summed E-state index contributed by atoms with van der Waals surface area (Å²) in [6.45, 7) is 3.00. The molecule has 1 N–H and O–H groups in total. The number of phenols is 1. The number of carbonyl (C=O) groups is 2. The molecule has 0 aliphatic carbocycles. The molecule has 1 fully saturated rings. The largest absolute Gasteiger partial charge is 0.504 e. The van der Waals surface area contributed by atoms with E-state index >= 15 is 0 Å². The number of benzene rings is 1.